The number of carbonyl (C=O) groups excluding carboxylic acids is 1. The normalized spacial score (nSPS) is 14.3. The van der Waals surface area contributed by atoms with Gasteiger partial charge in [-0.3, -0.25) is 14.4 Å². The van der Waals surface area contributed by atoms with Gasteiger partial charge in [0.25, 0.3) is 11.1 Å². The largest absolute Gasteiger partial charge is 0.352 e. The highest BCUT2D eigenvalue weighted by Crippen LogP contribution is 2.38. The predicted molar refractivity (Wildman–Crippen MR) is 117 cm³/mol. The topological polar surface area (TPSA) is 98.9 Å². The Kier molecular flexibility index (Phi) is 5.79. The van der Waals surface area contributed by atoms with Crippen LogP contribution in [0.15, 0.2) is 58.1 Å². The van der Waals surface area contributed by atoms with Crippen molar-refractivity contribution in [2.24, 2.45) is 0 Å². The molecule has 0 bridgehead atoms. The minimum absolute atomic E-state index is 0.213. The highest BCUT2D eigenvalue weighted by molar-refractivity contribution is 5.79. The van der Waals surface area contributed by atoms with E-state index in [-0.39, 0.29) is 30.1 Å². The van der Waals surface area contributed by atoms with Gasteiger partial charge in [-0.2, -0.15) is 10.2 Å². The number of hydrogen-bond acceptors (Lipinski definition) is 5. The Morgan fingerprint density at radius 3 is 2.45 bits per heavy atom. The van der Waals surface area contributed by atoms with E-state index < -0.39 is 6.04 Å². The number of aromatic nitrogens is 4. The van der Waals surface area contributed by atoms with Crippen LogP contribution in [-0.4, -0.2) is 32.0 Å². The van der Waals surface area contributed by atoms with Crippen molar-refractivity contribution >= 4 is 5.91 Å². The lowest BCUT2D eigenvalue weighted by molar-refractivity contribution is -0.124. The van der Waals surface area contributed by atoms with Crippen LogP contribution in [0.1, 0.15) is 43.0 Å². The minimum atomic E-state index is -0.741. The molecule has 2 heterocycles. The Balaban J connectivity index is 1.41. The first-order valence-corrected chi connectivity index (χ1v) is 10.4. The molecule has 0 radical (unpaired) electrons. The summed E-state index contributed by atoms with van der Waals surface area (Å²) in [5.41, 5.74) is 3.04. The summed E-state index contributed by atoms with van der Waals surface area (Å²) in [5, 5.41) is 11.5. The molecule has 4 rings (SSSR count). The van der Waals surface area contributed by atoms with Crippen LogP contribution >= 0.6 is 0 Å². The summed E-state index contributed by atoms with van der Waals surface area (Å²) in [6.45, 7) is 4.09. The number of nitrogens with one attached hydrogen (secondary N) is 1. The molecular formula is C23H25N5O3. The monoisotopic (exact) mass is 419 g/mol. The quantitative estimate of drug-likeness (QED) is 0.632. The minimum Gasteiger partial charge on any atom is -0.352 e. The van der Waals surface area contributed by atoms with Crippen molar-refractivity contribution in [1.29, 1.82) is 0 Å². The summed E-state index contributed by atoms with van der Waals surface area (Å²) in [4.78, 5) is 36.9. The van der Waals surface area contributed by atoms with E-state index in [9.17, 15) is 14.4 Å². The van der Waals surface area contributed by atoms with Crippen molar-refractivity contribution in [2.75, 3.05) is 6.54 Å². The fourth-order valence-corrected chi connectivity index (χ4v) is 3.35. The fourth-order valence-electron chi connectivity index (χ4n) is 3.35. The molecular weight excluding hydrogens is 394 g/mol. The van der Waals surface area contributed by atoms with E-state index in [1.807, 2.05) is 31.2 Å². The van der Waals surface area contributed by atoms with Crippen LogP contribution in [0.25, 0.3) is 11.3 Å². The lowest BCUT2D eigenvalue weighted by atomic mass is 10.1. The van der Waals surface area contributed by atoms with Crippen LogP contribution in [-0.2, 0) is 11.3 Å². The van der Waals surface area contributed by atoms with E-state index in [4.69, 9.17) is 0 Å². The van der Waals surface area contributed by atoms with Crippen molar-refractivity contribution in [3.8, 4) is 11.3 Å². The second-order valence-electron chi connectivity index (χ2n) is 7.93. The summed E-state index contributed by atoms with van der Waals surface area (Å²) < 4.78 is 2.56. The molecule has 0 saturated heterocycles. The standard InChI is InChI=1S/C23H25N5O3/c1-15-3-5-17(6-4-15)19-9-11-21(29)27(25-19)14-13-24-23(31)16(2)28-22(30)12-10-20(26-28)18-7-8-18/h3-6,9-12,16,18H,7-8,13-14H2,1-2H3,(H,24,31). The fraction of sp³-hybridized carbons (Fsp3) is 0.348. The van der Waals surface area contributed by atoms with Crippen molar-refractivity contribution in [2.45, 2.75) is 45.2 Å². The zero-order chi connectivity index (χ0) is 22.0. The second kappa shape index (κ2) is 8.67. The molecule has 2 aromatic heterocycles. The van der Waals surface area contributed by atoms with Gasteiger partial charge in [-0.1, -0.05) is 29.8 Å². The van der Waals surface area contributed by atoms with E-state index in [0.29, 0.717) is 11.6 Å². The maximum absolute atomic E-state index is 12.6. The number of rotatable bonds is 7. The van der Waals surface area contributed by atoms with E-state index >= 15 is 0 Å². The molecule has 1 aliphatic rings. The predicted octanol–water partition coefficient (Wildman–Crippen LogP) is 2.03. The lowest BCUT2D eigenvalue weighted by Crippen LogP contribution is -2.39. The Bertz CT molecular complexity index is 1210. The smallest absolute Gasteiger partial charge is 0.267 e. The highest BCUT2D eigenvalue weighted by atomic mass is 16.2. The first-order chi connectivity index (χ1) is 14.9. The van der Waals surface area contributed by atoms with Crippen LogP contribution in [0.4, 0.5) is 0 Å². The molecule has 3 aromatic rings. The molecule has 0 spiro atoms. The van der Waals surface area contributed by atoms with Crippen LogP contribution in [0.2, 0.25) is 0 Å². The van der Waals surface area contributed by atoms with Crippen LogP contribution in [0.5, 0.6) is 0 Å². The SMILES string of the molecule is Cc1ccc(-c2ccc(=O)n(CCNC(=O)C(C)n3nc(C4CC4)ccc3=O)n2)cc1. The number of amides is 1. The van der Waals surface area contributed by atoms with Gasteiger partial charge in [0.15, 0.2) is 0 Å². The molecule has 1 saturated carbocycles. The zero-order valence-corrected chi connectivity index (χ0v) is 17.6. The summed E-state index contributed by atoms with van der Waals surface area (Å²) in [6.07, 6.45) is 2.13. The van der Waals surface area contributed by atoms with Gasteiger partial charge >= 0.3 is 0 Å². The van der Waals surface area contributed by atoms with Gasteiger partial charge in [0, 0.05) is 30.2 Å². The first kappa shape index (κ1) is 20.7. The molecule has 1 fully saturated rings. The molecule has 1 aliphatic carbocycles. The van der Waals surface area contributed by atoms with Crippen LogP contribution in [0, 0.1) is 6.92 Å². The van der Waals surface area contributed by atoms with Crippen molar-refractivity contribution in [3.05, 3.63) is 80.5 Å². The summed E-state index contributed by atoms with van der Waals surface area (Å²) in [6, 6.07) is 13.5. The second-order valence-corrected chi connectivity index (χ2v) is 7.93. The molecule has 1 unspecified atom stereocenters. The molecule has 1 amide bonds. The van der Waals surface area contributed by atoms with Gasteiger partial charge in [-0.05, 0) is 38.8 Å². The van der Waals surface area contributed by atoms with Crippen LogP contribution in [0.3, 0.4) is 0 Å². The van der Waals surface area contributed by atoms with Gasteiger partial charge in [-0.15, -0.1) is 0 Å². The Hall–Kier alpha value is -3.55. The lowest BCUT2D eigenvalue weighted by Gasteiger charge is -2.15. The van der Waals surface area contributed by atoms with E-state index in [1.54, 1.807) is 19.1 Å². The van der Waals surface area contributed by atoms with Crippen molar-refractivity contribution < 1.29 is 4.79 Å². The van der Waals surface area contributed by atoms with E-state index in [2.05, 4.69) is 15.5 Å². The first-order valence-electron chi connectivity index (χ1n) is 10.4. The van der Waals surface area contributed by atoms with Crippen LogP contribution < -0.4 is 16.4 Å². The third kappa shape index (κ3) is 4.79. The molecule has 8 nitrogen and oxygen atoms in total. The molecule has 8 heteroatoms. The Morgan fingerprint density at radius 2 is 1.74 bits per heavy atom. The summed E-state index contributed by atoms with van der Waals surface area (Å²) in [5.74, 6) is 0.0613. The molecule has 1 atom stereocenters. The Morgan fingerprint density at radius 1 is 1.03 bits per heavy atom. The van der Waals surface area contributed by atoms with Gasteiger partial charge in [0.05, 0.1) is 17.9 Å². The third-order valence-corrected chi connectivity index (χ3v) is 5.42. The van der Waals surface area contributed by atoms with E-state index in [1.165, 1.54) is 21.5 Å². The average molecular weight is 419 g/mol. The van der Waals surface area contributed by atoms with E-state index in [0.717, 1.165) is 29.7 Å². The molecule has 160 valence electrons. The number of benzene rings is 1. The molecule has 31 heavy (non-hydrogen) atoms. The molecule has 0 aliphatic heterocycles. The van der Waals surface area contributed by atoms with Crippen molar-refractivity contribution in [3.63, 3.8) is 0 Å². The van der Waals surface area contributed by atoms with Gasteiger partial charge in [0.2, 0.25) is 5.91 Å². The Labute approximate surface area is 179 Å². The van der Waals surface area contributed by atoms with Gasteiger partial charge in [0.1, 0.15) is 6.04 Å². The maximum Gasteiger partial charge on any atom is 0.267 e. The molecule has 1 aromatic carbocycles. The average Bonchev–Trinajstić information content (AvgIpc) is 3.61. The zero-order valence-electron chi connectivity index (χ0n) is 17.6. The summed E-state index contributed by atoms with van der Waals surface area (Å²) in [7, 11) is 0. The van der Waals surface area contributed by atoms with Gasteiger partial charge in [-0.25, -0.2) is 9.36 Å². The van der Waals surface area contributed by atoms with Crippen molar-refractivity contribution in [1.82, 2.24) is 24.9 Å². The number of hydrogen-bond donors (Lipinski definition) is 1. The number of carbonyl (C=O) groups is 1. The summed E-state index contributed by atoms with van der Waals surface area (Å²) >= 11 is 0. The van der Waals surface area contributed by atoms with Gasteiger partial charge < -0.3 is 5.32 Å². The maximum atomic E-state index is 12.6. The number of nitrogens with zero attached hydrogens (tertiary/aromatic N) is 4. The number of aryl methyl sites for hydroxylation is 1. The highest BCUT2D eigenvalue weighted by Gasteiger charge is 2.27. The third-order valence-electron chi connectivity index (χ3n) is 5.42. The molecule has 1 N–H and O–H groups in total.